The molecule has 0 saturated heterocycles. The number of rotatable bonds is 3. The lowest BCUT2D eigenvalue weighted by Gasteiger charge is -2.08. The van der Waals surface area contributed by atoms with Gasteiger partial charge in [-0.1, -0.05) is 67.6 Å². The van der Waals surface area contributed by atoms with Crippen LogP contribution in [0.2, 0.25) is 0 Å². The van der Waals surface area contributed by atoms with Crippen molar-refractivity contribution in [2.75, 3.05) is 0 Å². The van der Waals surface area contributed by atoms with E-state index in [1.54, 1.807) is 0 Å². The lowest BCUT2D eigenvalue weighted by molar-refractivity contribution is 1.14. The quantitative estimate of drug-likeness (QED) is 0.311. The third-order valence-corrected chi connectivity index (χ3v) is 4.50. The van der Waals surface area contributed by atoms with E-state index in [0.29, 0.717) is 0 Å². The van der Waals surface area contributed by atoms with Gasteiger partial charge in [0, 0.05) is 11.8 Å². The Morgan fingerprint density at radius 1 is 0.750 bits per heavy atom. The molecular formula is C23H19N. The molecule has 4 rings (SSSR count). The zero-order valence-electron chi connectivity index (χ0n) is 13.7. The van der Waals surface area contributed by atoms with Crippen LogP contribution in [0.4, 0.5) is 5.69 Å². The summed E-state index contributed by atoms with van der Waals surface area (Å²) in [4.78, 5) is 4.73. The summed E-state index contributed by atoms with van der Waals surface area (Å²) in [7, 11) is 0. The van der Waals surface area contributed by atoms with E-state index < -0.39 is 0 Å². The highest BCUT2D eigenvalue weighted by atomic mass is 14.7. The van der Waals surface area contributed by atoms with E-state index in [1.807, 2.05) is 6.21 Å². The molecule has 0 bridgehead atoms. The zero-order chi connectivity index (χ0) is 16.4. The summed E-state index contributed by atoms with van der Waals surface area (Å²) >= 11 is 0. The van der Waals surface area contributed by atoms with Gasteiger partial charge >= 0.3 is 0 Å². The van der Waals surface area contributed by atoms with Gasteiger partial charge in [-0.3, -0.25) is 4.99 Å². The zero-order valence-corrected chi connectivity index (χ0v) is 13.7. The lowest BCUT2D eigenvalue weighted by Crippen LogP contribution is -1.88. The van der Waals surface area contributed by atoms with Crippen LogP contribution in [0.5, 0.6) is 0 Å². The Morgan fingerprint density at radius 3 is 1.92 bits per heavy atom. The average Bonchev–Trinajstić information content (AvgIpc) is 2.65. The van der Waals surface area contributed by atoms with Crippen molar-refractivity contribution < 1.29 is 0 Å². The second-order valence-electron chi connectivity index (χ2n) is 6.01. The minimum absolute atomic E-state index is 0.990. The van der Waals surface area contributed by atoms with Gasteiger partial charge in [0.25, 0.3) is 0 Å². The Hall–Kier alpha value is -2.93. The van der Waals surface area contributed by atoms with Gasteiger partial charge in [0.1, 0.15) is 0 Å². The maximum atomic E-state index is 4.73. The molecule has 116 valence electrons. The van der Waals surface area contributed by atoms with Gasteiger partial charge in [-0.15, -0.1) is 0 Å². The third kappa shape index (κ3) is 2.69. The highest BCUT2D eigenvalue weighted by Crippen LogP contribution is 2.27. The molecule has 0 saturated carbocycles. The minimum Gasteiger partial charge on any atom is -0.256 e. The van der Waals surface area contributed by atoms with Crippen molar-refractivity contribution in [3.8, 4) is 0 Å². The molecule has 0 heterocycles. The van der Waals surface area contributed by atoms with Crippen molar-refractivity contribution in [2.24, 2.45) is 4.99 Å². The van der Waals surface area contributed by atoms with Gasteiger partial charge in [-0.25, -0.2) is 0 Å². The second kappa shape index (κ2) is 6.29. The van der Waals surface area contributed by atoms with E-state index in [4.69, 9.17) is 4.99 Å². The summed E-state index contributed by atoms with van der Waals surface area (Å²) in [6, 6.07) is 27.7. The van der Waals surface area contributed by atoms with E-state index in [9.17, 15) is 0 Å². The predicted molar refractivity (Wildman–Crippen MR) is 105 cm³/mol. The van der Waals surface area contributed by atoms with Gasteiger partial charge in [0.05, 0.1) is 5.69 Å². The first-order valence-electron chi connectivity index (χ1n) is 8.38. The van der Waals surface area contributed by atoms with Crippen molar-refractivity contribution in [3.05, 3.63) is 90.0 Å². The molecule has 0 aliphatic rings. The molecule has 0 fully saturated rings. The molecule has 0 aliphatic carbocycles. The molecule has 4 aromatic carbocycles. The van der Waals surface area contributed by atoms with E-state index in [0.717, 1.165) is 12.1 Å². The van der Waals surface area contributed by atoms with Gasteiger partial charge < -0.3 is 0 Å². The molecule has 1 nitrogen and oxygen atoms in total. The van der Waals surface area contributed by atoms with Crippen LogP contribution in [-0.2, 0) is 6.42 Å². The number of hydrogen-bond donors (Lipinski definition) is 0. The van der Waals surface area contributed by atoms with E-state index in [2.05, 4.69) is 85.8 Å². The summed E-state index contributed by atoms with van der Waals surface area (Å²) in [6.45, 7) is 2.17. The van der Waals surface area contributed by atoms with Gasteiger partial charge in [-0.2, -0.15) is 0 Å². The summed E-state index contributed by atoms with van der Waals surface area (Å²) in [5.74, 6) is 0. The Balaban J connectivity index is 1.87. The standard InChI is InChI=1S/C23H19N/c1-2-17-11-13-20(14-12-17)24-16-23-21-9-5-3-7-18(21)15-19-8-4-6-10-22(19)23/h3-16H,2H2,1H3. The summed E-state index contributed by atoms with van der Waals surface area (Å²) in [6.07, 6.45) is 3.06. The van der Waals surface area contributed by atoms with Crippen LogP contribution < -0.4 is 0 Å². The van der Waals surface area contributed by atoms with Crippen LogP contribution in [0.3, 0.4) is 0 Å². The molecule has 0 spiro atoms. The van der Waals surface area contributed by atoms with Crippen molar-refractivity contribution in [3.63, 3.8) is 0 Å². The Labute approximate surface area is 142 Å². The van der Waals surface area contributed by atoms with Crippen LogP contribution in [0, 0.1) is 0 Å². The van der Waals surface area contributed by atoms with Crippen molar-refractivity contribution in [1.82, 2.24) is 0 Å². The number of aliphatic imine (C=N–C) groups is 1. The van der Waals surface area contributed by atoms with E-state index in [1.165, 1.54) is 32.7 Å². The second-order valence-corrected chi connectivity index (χ2v) is 6.01. The molecule has 0 radical (unpaired) electrons. The smallest absolute Gasteiger partial charge is 0.0630 e. The van der Waals surface area contributed by atoms with Crippen LogP contribution in [0.1, 0.15) is 18.1 Å². The molecule has 0 N–H and O–H groups in total. The van der Waals surface area contributed by atoms with Gasteiger partial charge in [-0.05, 0) is 51.7 Å². The topological polar surface area (TPSA) is 12.4 Å². The highest BCUT2D eigenvalue weighted by molar-refractivity contribution is 6.13. The molecule has 0 unspecified atom stereocenters. The van der Waals surface area contributed by atoms with Gasteiger partial charge in [0.2, 0.25) is 0 Å². The van der Waals surface area contributed by atoms with Gasteiger partial charge in [0.15, 0.2) is 0 Å². The lowest BCUT2D eigenvalue weighted by atomic mass is 9.97. The Kier molecular flexibility index (Phi) is 3.84. The van der Waals surface area contributed by atoms with Crippen molar-refractivity contribution in [2.45, 2.75) is 13.3 Å². The molecule has 0 aliphatic heterocycles. The number of hydrogen-bond acceptors (Lipinski definition) is 1. The molecular weight excluding hydrogens is 290 g/mol. The Morgan fingerprint density at radius 2 is 1.33 bits per heavy atom. The van der Waals surface area contributed by atoms with Crippen LogP contribution in [0.25, 0.3) is 21.5 Å². The summed E-state index contributed by atoms with van der Waals surface area (Å²) in [5.41, 5.74) is 3.51. The molecule has 0 atom stereocenters. The van der Waals surface area contributed by atoms with E-state index in [-0.39, 0.29) is 0 Å². The molecule has 24 heavy (non-hydrogen) atoms. The average molecular weight is 309 g/mol. The van der Waals surface area contributed by atoms with Crippen LogP contribution >= 0.6 is 0 Å². The monoisotopic (exact) mass is 309 g/mol. The number of benzene rings is 4. The van der Waals surface area contributed by atoms with Crippen molar-refractivity contribution in [1.29, 1.82) is 0 Å². The number of aryl methyl sites for hydroxylation is 1. The number of nitrogens with zero attached hydrogens (tertiary/aromatic N) is 1. The fourth-order valence-electron chi connectivity index (χ4n) is 3.14. The highest BCUT2D eigenvalue weighted by Gasteiger charge is 2.05. The fraction of sp³-hybridized carbons (Fsp3) is 0.0870. The summed E-state index contributed by atoms with van der Waals surface area (Å²) < 4.78 is 0. The first-order valence-corrected chi connectivity index (χ1v) is 8.38. The SMILES string of the molecule is CCc1ccc(N=Cc2c3ccccc3cc3ccccc23)cc1. The fourth-order valence-corrected chi connectivity index (χ4v) is 3.14. The maximum absolute atomic E-state index is 4.73. The molecule has 1 heteroatoms. The van der Waals surface area contributed by atoms with Crippen molar-refractivity contribution >= 4 is 33.4 Å². The maximum Gasteiger partial charge on any atom is 0.0630 e. The first-order chi connectivity index (χ1) is 11.8. The third-order valence-electron chi connectivity index (χ3n) is 4.50. The largest absolute Gasteiger partial charge is 0.256 e. The Bertz CT molecular complexity index is 973. The predicted octanol–water partition coefficient (Wildman–Crippen LogP) is 6.31. The van der Waals surface area contributed by atoms with Crippen LogP contribution in [0.15, 0.2) is 83.9 Å². The van der Waals surface area contributed by atoms with Crippen LogP contribution in [-0.4, -0.2) is 6.21 Å². The molecule has 4 aromatic rings. The minimum atomic E-state index is 0.990. The van der Waals surface area contributed by atoms with E-state index >= 15 is 0 Å². The molecule has 0 amide bonds. The molecule has 0 aromatic heterocycles. The summed E-state index contributed by atoms with van der Waals surface area (Å²) in [5, 5.41) is 4.98. The first kappa shape index (κ1) is 14.6. The normalized spacial score (nSPS) is 11.5. The number of fused-ring (bicyclic) bond motifs is 2.